The van der Waals surface area contributed by atoms with Crippen LogP contribution in [0.1, 0.15) is 39.2 Å². The van der Waals surface area contributed by atoms with Crippen LogP contribution >= 0.6 is 15.9 Å². The third kappa shape index (κ3) is 3.79. The van der Waals surface area contributed by atoms with Crippen LogP contribution in [0.2, 0.25) is 0 Å². The van der Waals surface area contributed by atoms with Crippen molar-refractivity contribution in [2.24, 2.45) is 11.3 Å². The van der Waals surface area contributed by atoms with Gasteiger partial charge in [-0.05, 0) is 58.2 Å². The minimum Gasteiger partial charge on any atom is -0.313 e. The number of pyridine rings is 1. The molecule has 1 atom stereocenters. The molecule has 0 spiro atoms. The number of rotatable bonds is 6. The van der Waals surface area contributed by atoms with E-state index in [1.54, 1.807) is 0 Å². The van der Waals surface area contributed by atoms with Crippen LogP contribution in [-0.4, -0.2) is 17.6 Å². The highest BCUT2D eigenvalue weighted by atomic mass is 79.9. The minimum atomic E-state index is 0.297. The molecule has 0 aromatic carbocycles. The smallest absolute Gasteiger partial charge is 0.0410 e. The Hall–Kier alpha value is -0.410. The van der Waals surface area contributed by atoms with Crippen LogP contribution in [0.15, 0.2) is 22.9 Å². The SMILES string of the molecule is CC(C)C(C)(CNC1CC1)Cc1cncc(Br)c1. The van der Waals surface area contributed by atoms with E-state index in [-0.39, 0.29) is 0 Å². The highest BCUT2D eigenvalue weighted by molar-refractivity contribution is 9.10. The first-order valence-electron chi connectivity index (χ1n) is 6.82. The highest BCUT2D eigenvalue weighted by Gasteiger charge is 2.31. The fourth-order valence-corrected chi connectivity index (χ4v) is 2.57. The molecule has 1 unspecified atom stereocenters. The van der Waals surface area contributed by atoms with Gasteiger partial charge in [-0.15, -0.1) is 0 Å². The van der Waals surface area contributed by atoms with E-state index in [9.17, 15) is 0 Å². The van der Waals surface area contributed by atoms with Gasteiger partial charge < -0.3 is 5.32 Å². The summed E-state index contributed by atoms with van der Waals surface area (Å²) in [7, 11) is 0. The lowest BCUT2D eigenvalue weighted by atomic mass is 9.74. The lowest BCUT2D eigenvalue weighted by Crippen LogP contribution is -2.38. The molecule has 0 radical (unpaired) electrons. The lowest BCUT2D eigenvalue weighted by Gasteiger charge is -2.34. The second kappa shape index (κ2) is 5.70. The summed E-state index contributed by atoms with van der Waals surface area (Å²) in [5.74, 6) is 0.655. The Morgan fingerprint density at radius 1 is 1.44 bits per heavy atom. The molecule has 18 heavy (non-hydrogen) atoms. The molecule has 2 nitrogen and oxygen atoms in total. The fourth-order valence-electron chi connectivity index (χ4n) is 2.15. The topological polar surface area (TPSA) is 24.9 Å². The van der Waals surface area contributed by atoms with E-state index in [1.165, 1.54) is 18.4 Å². The third-order valence-corrected chi connectivity index (χ3v) is 4.57. The summed E-state index contributed by atoms with van der Waals surface area (Å²) in [6.07, 6.45) is 7.62. The minimum absolute atomic E-state index is 0.297. The molecule has 1 aliphatic rings. The summed E-state index contributed by atoms with van der Waals surface area (Å²) >= 11 is 3.50. The summed E-state index contributed by atoms with van der Waals surface area (Å²) in [6, 6.07) is 2.97. The molecule has 0 saturated heterocycles. The number of nitrogens with zero attached hydrogens (tertiary/aromatic N) is 1. The largest absolute Gasteiger partial charge is 0.313 e. The van der Waals surface area contributed by atoms with Crippen LogP contribution in [0.5, 0.6) is 0 Å². The lowest BCUT2D eigenvalue weighted by molar-refractivity contribution is 0.206. The molecule has 2 rings (SSSR count). The van der Waals surface area contributed by atoms with E-state index < -0.39 is 0 Å². The maximum atomic E-state index is 4.27. The van der Waals surface area contributed by atoms with Gasteiger partial charge in [0.25, 0.3) is 0 Å². The van der Waals surface area contributed by atoms with E-state index in [1.807, 2.05) is 12.4 Å². The summed E-state index contributed by atoms with van der Waals surface area (Å²) < 4.78 is 1.07. The van der Waals surface area contributed by atoms with Crippen molar-refractivity contribution >= 4 is 15.9 Å². The van der Waals surface area contributed by atoms with E-state index >= 15 is 0 Å². The maximum Gasteiger partial charge on any atom is 0.0410 e. The number of nitrogens with one attached hydrogen (secondary N) is 1. The average molecular weight is 311 g/mol. The van der Waals surface area contributed by atoms with Gasteiger partial charge in [-0.25, -0.2) is 0 Å². The Morgan fingerprint density at radius 2 is 2.17 bits per heavy atom. The number of hydrogen-bond donors (Lipinski definition) is 1. The zero-order valence-corrected chi connectivity index (χ0v) is 13.1. The van der Waals surface area contributed by atoms with Crippen molar-refractivity contribution in [1.82, 2.24) is 10.3 Å². The Morgan fingerprint density at radius 3 is 2.72 bits per heavy atom. The van der Waals surface area contributed by atoms with Gasteiger partial charge in [0.05, 0.1) is 0 Å². The van der Waals surface area contributed by atoms with Crippen LogP contribution in [0.4, 0.5) is 0 Å². The Bertz CT molecular complexity index is 401. The predicted octanol–water partition coefficient (Wildman–Crippen LogP) is 3.80. The Balaban J connectivity index is 2.03. The van der Waals surface area contributed by atoms with Gasteiger partial charge in [0.2, 0.25) is 0 Å². The molecule has 1 saturated carbocycles. The molecule has 0 amide bonds. The normalized spacial score (nSPS) is 18.9. The van der Waals surface area contributed by atoms with Crippen molar-refractivity contribution in [3.05, 3.63) is 28.5 Å². The van der Waals surface area contributed by atoms with Gasteiger partial charge in [0.15, 0.2) is 0 Å². The van der Waals surface area contributed by atoms with Crippen molar-refractivity contribution in [3.8, 4) is 0 Å². The molecule has 1 heterocycles. The monoisotopic (exact) mass is 310 g/mol. The molecule has 1 aliphatic carbocycles. The predicted molar refractivity (Wildman–Crippen MR) is 79.6 cm³/mol. The summed E-state index contributed by atoms with van der Waals surface area (Å²) in [6.45, 7) is 8.12. The van der Waals surface area contributed by atoms with Gasteiger partial charge in [0.1, 0.15) is 0 Å². The molecular weight excluding hydrogens is 288 g/mol. The number of aromatic nitrogens is 1. The molecule has 1 fully saturated rings. The Kier molecular flexibility index (Phi) is 4.44. The summed E-state index contributed by atoms with van der Waals surface area (Å²) in [5.41, 5.74) is 1.61. The second-order valence-electron chi connectivity index (χ2n) is 6.15. The standard InChI is InChI=1S/C15H23BrN2/c1-11(2)15(3,10-18-14-4-5-14)7-12-6-13(16)9-17-8-12/h6,8-9,11,14,18H,4-5,7,10H2,1-3H3. The van der Waals surface area contributed by atoms with Crippen molar-refractivity contribution in [2.75, 3.05) is 6.54 Å². The highest BCUT2D eigenvalue weighted by Crippen LogP contribution is 2.32. The van der Waals surface area contributed by atoms with E-state index in [0.29, 0.717) is 11.3 Å². The summed E-state index contributed by atoms with van der Waals surface area (Å²) in [4.78, 5) is 4.27. The maximum absolute atomic E-state index is 4.27. The first-order valence-corrected chi connectivity index (χ1v) is 7.62. The van der Waals surface area contributed by atoms with Crippen molar-refractivity contribution < 1.29 is 0 Å². The molecule has 3 heteroatoms. The third-order valence-electron chi connectivity index (χ3n) is 4.14. The Labute approximate surface area is 119 Å². The van der Waals surface area contributed by atoms with E-state index in [0.717, 1.165) is 23.5 Å². The molecule has 1 aromatic rings. The molecule has 0 aliphatic heterocycles. The van der Waals surface area contributed by atoms with Crippen LogP contribution < -0.4 is 5.32 Å². The zero-order valence-electron chi connectivity index (χ0n) is 11.5. The molecule has 1 N–H and O–H groups in total. The number of halogens is 1. The van der Waals surface area contributed by atoms with Crippen LogP contribution in [-0.2, 0) is 6.42 Å². The summed E-state index contributed by atoms with van der Waals surface area (Å²) in [5, 5.41) is 3.68. The zero-order chi connectivity index (χ0) is 13.2. The average Bonchev–Trinajstić information content (AvgIpc) is 3.10. The van der Waals surface area contributed by atoms with Gasteiger partial charge in [-0.1, -0.05) is 20.8 Å². The van der Waals surface area contributed by atoms with E-state index in [2.05, 4.69) is 53.1 Å². The van der Waals surface area contributed by atoms with Crippen molar-refractivity contribution in [2.45, 2.75) is 46.1 Å². The quantitative estimate of drug-likeness (QED) is 0.864. The first kappa shape index (κ1) is 14.0. The van der Waals surface area contributed by atoms with Crippen molar-refractivity contribution in [1.29, 1.82) is 0 Å². The molecule has 0 bridgehead atoms. The van der Waals surface area contributed by atoms with Crippen LogP contribution in [0, 0.1) is 11.3 Å². The fraction of sp³-hybridized carbons (Fsp3) is 0.667. The molecular formula is C15H23BrN2. The molecule has 1 aromatic heterocycles. The van der Waals surface area contributed by atoms with Crippen LogP contribution in [0.3, 0.4) is 0 Å². The molecule has 100 valence electrons. The van der Waals surface area contributed by atoms with Crippen LogP contribution in [0.25, 0.3) is 0 Å². The van der Waals surface area contributed by atoms with Gasteiger partial charge in [0, 0.05) is 29.5 Å². The first-order chi connectivity index (χ1) is 8.49. The van der Waals surface area contributed by atoms with E-state index in [4.69, 9.17) is 0 Å². The van der Waals surface area contributed by atoms with Gasteiger partial charge in [-0.2, -0.15) is 0 Å². The van der Waals surface area contributed by atoms with Gasteiger partial charge in [-0.3, -0.25) is 4.98 Å². The number of hydrogen-bond acceptors (Lipinski definition) is 2. The van der Waals surface area contributed by atoms with Gasteiger partial charge >= 0.3 is 0 Å². The second-order valence-corrected chi connectivity index (χ2v) is 7.07. The van der Waals surface area contributed by atoms with Crippen molar-refractivity contribution in [3.63, 3.8) is 0 Å².